The third-order valence-corrected chi connectivity index (χ3v) is 7.26. The molecule has 2 aromatic rings. The standard InChI is InChI=1S/C19H17BrClNO5S/c20-15-6-3-13(4-7-15)17(23)12-27-19(24)14-5-8-16(21)18(11-14)28(25,26)22-9-1-2-10-22/h3-8,11H,1-2,9-10,12H2. The molecule has 6 nitrogen and oxygen atoms in total. The number of Topliss-reactive ketones (excluding diaryl/α,β-unsaturated/α-hetero) is 1. The van der Waals surface area contributed by atoms with Crippen molar-refractivity contribution in [3.8, 4) is 0 Å². The minimum Gasteiger partial charge on any atom is -0.454 e. The van der Waals surface area contributed by atoms with Crippen molar-refractivity contribution in [3.63, 3.8) is 0 Å². The van der Waals surface area contributed by atoms with Crippen molar-refractivity contribution in [2.45, 2.75) is 17.7 Å². The van der Waals surface area contributed by atoms with E-state index in [2.05, 4.69) is 15.9 Å². The number of carbonyl (C=O) groups is 2. The highest BCUT2D eigenvalue weighted by Gasteiger charge is 2.30. The molecular formula is C19H17BrClNO5S. The maximum atomic E-state index is 12.7. The lowest BCUT2D eigenvalue weighted by molar-refractivity contribution is 0.0474. The van der Waals surface area contributed by atoms with Crippen LogP contribution in [0.2, 0.25) is 5.02 Å². The molecule has 28 heavy (non-hydrogen) atoms. The van der Waals surface area contributed by atoms with Crippen LogP contribution in [-0.2, 0) is 14.8 Å². The highest BCUT2D eigenvalue weighted by atomic mass is 79.9. The summed E-state index contributed by atoms with van der Waals surface area (Å²) in [6.45, 7) is 0.404. The van der Waals surface area contributed by atoms with E-state index in [1.165, 1.54) is 22.5 Å². The Morgan fingerprint density at radius 1 is 1.04 bits per heavy atom. The van der Waals surface area contributed by atoms with Gasteiger partial charge in [-0.3, -0.25) is 4.79 Å². The monoisotopic (exact) mass is 485 g/mol. The summed E-state index contributed by atoms with van der Waals surface area (Å²) in [6, 6.07) is 10.6. The van der Waals surface area contributed by atoms with Crippen molar-refractivity contribution in [2.24, 2.45) is 0 Å². The Morgan fingerprint density at radius 3 is 2.29 bits per heavy atom. The fourth-order valence-electron chi connectivity index (χ4n) is 2.83. The van der Waals surface area contributed by atoms with E-state index in [9.17, 15) is 18.0 Å². The fraction of sp³-hybridized carbons (Fsp3) is 0.263. The van der Waals surface area contributed by atoms with Crippen molar-refractivity contribution in [2.75, 3.05) is 19.7 Å². The molecule has 1 fully saturated rings. The van der Waals surface area contributed by atoms with Gasteiger partial charge < -0.3 is 4.74 Å². The van der Waals surface area contributed by atoms with Gasteiger partial charge in [0.05, 0.1) is 10.6 Å². The molecule has 0 spiro atoms. The van der Waals surface area contributed by atoms with Crippen molar-refractivity contribution >= 4 is 49.3 Å². The van der Waals surface area contributed by atoms with Crippen LogP contribution in [0.5, 0.6) is 0 Å². The Hall–Kier alpha value is -1.74. The van der Waals surface area contributed by atoms with Gasteiger partial charge in [0, 0.05) is 23.1 Å². The molecule has 1 heterocycles. The topological polar surface area (TPSA) is 80.8 Å². The Morgan fingerprint density at radius 2 is 1.64 bits per heavy atom. The van der Waals surface area contributed by atoms with Gasteiger partial charge in [-0.05, 0) is 43.2 Å². The van der Waals surface area contributed by atoms with Crippen LogP contribution in [0.1, 0.15) is 33.6 Å². The van der Waals surface area contributed by atoms with Gasteiger partial charge in [0.1, 0.15) is 4.90 Å². The summed E-state index contributed by atoms with van der Waals surface area (Å²) in [5.41, 5.74) is 0.426. The van der Waals surface area contributed by atoms with Gasteiger partial charge >= 0.3 is 5.97 Å². The van der Waals surface area contributed by atoms with Crippen LogP contribution in [0.15, 0.2) is 51.8 Å². The number of benzene rings is 2. The fourth-order valence-corrected chi connectivity index (χ4v) is 5.11. The lowest BCUT2D eigenvalue weighted by Crippen LogP contribution is -2.28. The van der Waals surface area contributed by atoms with E-state index < -0.39 is 22.6 Å². The second-order valence-corrected chi connectivity index (χ2v) is 9.49. The predicted molar refractivity (Wildman–Crippen MR) is 108 cm³/mol. The van der Waals surface area contributed by atoms with Gasteiger partial charge in [0.2, 0.25) is 10.0 Å². The van der Waals surface area contributed by atoms with E-state index in [4.69, 9.17) is 16.3 Å². The summed E-state index contributed by atoms with van der Waals surface area (Å²) in [4.78, 5) is 24.3. The summed E-state index contributed by atoms with van der Waals surface area (Å²) < 4.78 is 32.7. The first-order valence-corrected chi connectivity index (χ1v) is 11.2. The number of carbonyl (C=O) groups excluding carboxylic acids is 2. The van der Waals surface area contributed by atoms with Crippen LogP contribution < -0.4 is 0 Å². The van der Waals surface area contributed by atoms with E-state index in [1.54, 1.807) is 24.3 Å². The van der Waals surface area contributed by atoms with Gasteiger partial charge in [-0.15, -0.1) is 0 Å². The number of hydrogen-bond acceptors (Lipinski definition) is 5. The predicted octanol–water partition coefficient (Wildman–Crippen LogP) is 3.93. The van der Waals surface area contributed by atoms with Crippen LogP contribution in [0.4, 0.5) is 0 Å². The van der Waals surface area contributed by atoms with Crippen LogP contribution in [0, 0.1) is 0 Å². The van der Waals surface area contributed by atoms with Crippen LogP contribution in [-0.4, -0.2) is 44.2 Å². The van der Waals surface area contributed by atoms with Crippen LogP contribution in [0.3, 0.4) is 0 Å². The second-order valence-electron chi connectivity index (χ2n) is 6.26. The second kappa shape index (κ2) is 8.73. The molecule has 9 heteroatoms. The summed E-state index contributed by atoms with van der Waals surface area (Å²) in [7, 11) is -3.78. The molecule has 0 saturated carbocycles. The van der Waals surface area contributed by atoms with Gasteiger partial charge in [0.15, 0.2) is 12.4 Å². The largest absolute Gasteiger partial charge is 0.454 e. The first kappa shape index (κ1) is 21.0. The lowest BCUT2D eigenvalue weighted by atomic mass is 10.1. The van der Waals surface area contributed by atoms with Crippen molar-refractivity contribution in [1.29, 1.82) is 0 Å². The maximum absolute atomic E-state index is 12.7. The number of rotatable bonds is 6. The average molecular weight is 487 g/mol. The third-order valence-electron chi connectivity index (χ3n) is 4.35. The Kier molecular flexibility index (Phi) is 6.54. The van der Waals surface area contributed by atoms with E-state index in [-0.39, 0.29) is 21.3 Å². The molecule has 0 unspecified atom stereocenters. The molecule has 0 aromatic heterocycles. The molecule has 0 amide bonds. The zero-order valence-corrected chi connectivity index (χ0v) is 17.9. The summed E-state index contributed by atoms with van der Waals surface area (Å²) in [5.74, 6) is -1.15. The van der Waals surface area contributed by atoms with Crippen molar-refractivity contribution < 1.29 is 22.7 Å². The minimum absolute atomic E-state index is 0.0192. The molecule has 0 N–H and O–H groups in total. The molecule has 3 rings (SSSR count). The molecule has 1 aliphatic rings. The van der Waals surface area contributed by atoms with Crippen LogP contribution >= 0.6 is 27.5 Å². The molecule has 0 bridgehead atoms. The highest BCUT2D eigenvalue weighted by molar-refractivity contribution is 9.10. The lowest BCUT2D eigenvalue weighted by Gasteiger charge is -2.17. The highest BCUT2D eigenvalue weighted by Crippen LogP contribution is 2.28. The summed E-state index contributed by atoms with van der Waals surface area (Å²) in [5, 5.41) is 0.0365. The number of ether oxygens (including phenoxy) is 1. The summed E-state index contributed by atoms with van der Waals surface area (Å²) >= 11 is 9.35. The Labute approximate surface area is 176 Å². The first-order valence-electron chi connectivity index (χ1n) is 8.54. The van der Waals surface area contributed by atoms with E-state index in [0.717, 1.165) is 17.3 Å². The number of hydrogen-bond donors (Lipinski definition) is 0. The molecule has 1 aliphatic heterocycles. The van der Waals surface area contributed by atoms with Gasteiger partial charge in [-0.2, -0.15) is 4.31 Å². The van der Waals surface area contributed by atoms with Crippen molar-refractivity contribution in [3.05, 3.63) is 63.1 Å². The number of nitrogens with zero attached hydrogens (tertiary/aromatic N) is 1. The van der Waals surface area contributed by atoms with E-state index in [1.807, 2.05) is 0 Å². The SMILES string of the molecule is O=C(COC(=O)c1ccc(Cl)c(S(=O)(=O)N2CCCC2)c1)c1ccc(Br)cc1. The zero-order chi connectivity index (χ0) is 20.3. The molecule has 0 radical (unpaired) electrons. The van der Waals surface area contributed by atoms with Gasteiger partial charge in [-0.25, -0.2) is 13.2 Å². The Bertz CT molecular complexity index is 1000. The molecule has 2 aromatic carbocycles. The average Bonchev–Trinajstić information content (AvgIpc) is 3.22. The normalized spacial score (nSPS) is 14.8. The quantitative estimate of drug-likeness (QED) is 0.456. The molecular weight excluding hydrogens is 470 g/mol. The maximum Gasteiger partial charge on any atom is 0.338 e. The van der Waals surface area contributed by atoms with E-state index in [0.29, 0.717) is 18.7 Å². The number of halogens is 2. The number of sulfonamides is 1. The first-order chi connectivity index (χ1) is 13.3. The van der Waals surface area contributed by atoms with Gasteiger partial charge in [-0.1, -0.05) is 39.7 Å². The van der Waals surface area contributed by atoms with Crippen molar-refractivity contribution in [1.82, 2.24) is 4.31 Å². The number of esters is 1. The Balaban J connectivity index is 1.73. The van der Waals surface area contributed by atoms with Gasteiger partial charge in [0.25, 0.3) is 0 Å². The smallest absolute Gasteiger partial charge is 0.338 e. The molecule has 0 atom stereocenters. The number of ketones is 1. The third kappa shape index (κ3) is 4.63. The van der Waals surface area contributed by atoms with Crippen LogP contribution in [0.25, 0.3) is 0 Å². The minimum atomic E-state index is -3.78. The molecule has 0 aliphatic carbocycles. The molecule has 148 valence electrons. The van der Waals surface area contributed by atoms with E-state index >= 15 is 0 Å². The zero-order valence-electron chi connectivity index (χ0n) is 14.7. The summed E-state index contributed by atoms with van der Waals surface area (Å²) in [6.07, 6.45) is 1.58. The molecule has 1 saturated heterocycles.